The van der Waals surface area contributed by atoms with Gasteiger partial charge in [-0.3, -0.25) is 4.79 Å². The van der Waals surface area contributed by atoms with Crippen molar-refractivity contribution in [3.63, 3.8) is 0 Å². The van der Waals surface area contributed by atoms with E-state index < -0.39 is 0 Å². The molecule has 0 aromatic carbocycles. The van der Waals surface area contributed by atoms with E-state index in [2.05, 4.69) is 5.32 Å². The molecule has 13 heavy (non-hydrogen) atoms. The molecular formula is C9H20N2O2. The quantitative estimate of drug-likeness (QED) is 0.582. The van der Waals surface area contributed by atoms with E-state index in [1.807, 2.05) is 13.8 Å². The number of hydrogen-bond donors (Lipinski definition) is 2. The summed E-state index contributed by atoms with van der Waals surface area (Å²) in [6, 6.07) is 0. The minimum Gasteiger partial charge on any atom is -0.383 e. The molecule has 0 aromatic heterocycles. The number of nitrogens with two attached hydrogens (primary N) is 1. The minimum atomic E-state index is -0.114. The maximum absolute atomic E-state index is 11.3. The standard InChI is InChI=1S/C9H20N2O2/c1-9(2,7-10)6-8(12)11-4-5-13-3/h4-7,10H2,1-3H3,(H,11,12). The van der Waals surface area contributed by atoms with Crippen molar-refractivity contribution in [2.75, 3.05) is 26.8 Å². The lowest BCUT2D eigenvalue weighted by molar-refractivity contribution is -0.123. The SMILES string of the molecule is COCCNC(=O)CC(C)(C)CN. The summed E-state index contributed by atoms with van der Waals surface area (Å²) in [7, 11) is 1.61. The molecule has 0 aliphatic rings. The molecule has 0 unspecified atom stereocenters. The fraction of sp³-hybridized carbons (Fsp3) is 0.889. The first-order valence-electron chi connectivity index (χ1n) is 4.47. The number of methoxy groups -OCH3 is 1. The third-order valence-corrected chi connectivity index (χ3v) is 1.82. The molecule has 0 aliphatic carbocycles. The molecule has 4 nitrogen and oxygen atoms in total. The van der Waals surface area contributed by atoms with Crippen molar-refractivity contribution < 1.29 is 9.53 Å². The van der Waals surface area contributed by atoms with E-state index in [4.69, 9.17) is 10.5 Å². The minimum absolute atomic E-state index is 0.0347. The van der Waals surface area contributed by atoms with Crippen molar-refractivity contribution in [3.8, 4) is 0 Å². The molecule has 0 aliphatic heterocycles. The van der Waals surface area contributed by atoms with Gasteiger partial charge in [-0.1, -0.05) is 13.8 Å². The van der Waals surface area contributed by atoms with Crippen molar-refractivity contribution in [1.29, 1.82) is 0 Å². The summed E-state index contributed by atoms with van der Waals surface area (Å²) in [6.07, 6.45) is 0.465. The van der Waals surface area contributed by atoms with E-state index in [0.717, 1.165) is 0 Å². The fourth-order valence-corrected chi connectivity index (χ4v) is 0.862. The van der Waals surface area contributed by atoms with Crippen molar-refractivity contribution in [3.05, 3.63) is 0 Å². The number of hydrogen-bond acceptors (Lipinski definition) is 3. The van der Waals surface area contributed by atoms with Crippen LogP contribution in [0.2, 0.25) is 0 Å². The predicted octanol–water partition coefficient (Wildman–Crippen LogP) is 0.124. The average molecular weight is 188 g/mol. The van der Waals surface area contributed by atoms with Gasteiger partial charge in [-0.2, -0.15) is 0 Å². The Morgan fingerprint density at radius 3 is 2.62 bits per heavy atom. The van der Waals surface area contributed by atoms with Crippen LogP contribution in [-0.4, -0.2) is 32.7 Å². The topological polar surface area (TPSA) is 64.3 Å². The van der Waals surface area contributed by atoms with Gasteiger partial charge in [-0.25, -0.2) is 0 Å². The number of nitrogens with one attached hydrogen (secondary N) is 1. The van der Waals surface area contributed by atoms with Crippen LogP contribution in [0.5, 0.6) is 0 Å². The molecule has 0 bridgehead atoms. The van der Waals surface area contributed by atoms with Gasteiger partial charge in [-0.15, -0.1) is 0 Å². The molecule has 4 heteroatoms. The zero-order chi connectivity index (χ0) is 10.3. The highest BCUT2D eigenvalue weighted by molar-refractivity contribution is 5.76. The molecule has 3 N–H and O–H groups in total. The van der Waals surface area contributed by atoms with Crippen LogP contribution in [0.1, 0.15) is 20.3 Å². The van der Waals surface area contributed by atoms with Crippen molar-refractivity contribution in [1.82, 2.24) is 5.32 Å². The predicted molar refractivity (Wildman–Crippen MR) is 52.3 cm³/mol. The zero-order valence-electron chi connectivity index (χ0n) is 8.72. The largest absolute Gasteiger partial charge is 0.383 e. The van der Waals surface area contributed by atoms with Gasteiger partial charge in [0, 0.05) is 20.1 Å². The molecule has 0 spiro atoms. The molecule has 0 aromatic rings. The van der Waals surface area contributed by atoms with Crippen LogP contribution in [0, 0.1) is 5.41 Å². The summed E-state index contributed by atoms with van der Waals surface area (Å²) in [5.74, 6) is 0.0347. The third-order valence-electron chi connectivity index (χ3n) is 1.82. The van der Waals surface area contributed by atoms with Gasteiger partial charge in [0.1, 0.15) is 0 Å². The molecule has 0 radical (unpaired) electrons. The number of amides is 1. The highest BCUT2D eigenvalue weighted by Crippen LogP contribution is 2.17. The normalized spacial score (nSPS) is 11.4. The number of carbonyl (C=O) groups excluding carboxylic acids is 1. The fourth-order valence-electron chi connectivity index (χ4n) is 0.862. The smallest absolute Gasteiger partial charge is 0.220 e. The second-order valence-corrected chi connectivity index (χ2v) is 3.89. The summed E-state index contributed by atoms with van der Waals surface area (Å²) in [5.41, 5.74) is 5.39. The molecule has 0 saturated heterocycles. The molecule has 78 valence electrons. The second kappa shape index (κ2) is 5.94. The Bertz CT molecular complexity index is 158. The van der Waals surface area contributed by atoms with Gasteiger partial charge in [0.25, 0.3) is 0 Å². The average Bonchev–Trinajstić information content (AvgIpc) is 2.04. The van der Waals surface area contributed by atoms with Gasteiger partial charge >= 0.3 is 0 Å². The van der Waals surface area contributed by atoms with E-state index in [9.17, 15) is 4.79 Å². The van der Waals surface area contributed by atoms with E-state index in [1.54, 1.807) is 7.11 Å². The third kappa shape index (κ3) is 6.54. The van der Waals surface area contributed by atoms with Gasteiger partial charge in [0.2, 0.25) is 5.91 Å². The summed E-state index contributed by atoms with van der Waals surface area (Å²) in [5, 5.41) is 2.75. The van der Waals surface area contributed by atoms with Crippen LogP contribution < -0.4 is 11.1 Å². The maximum Gasteiger partial charge on any atom is 0.220 e. The van der Waals surface area contributed by atoms with Gasteiger partial charge in [0.05, 0.1) is 6.61 Å². The van der Waals surface area contributed by atoms with Gasteiger partial charge < -0.3 is 15.8 Å². The van der Waals surface area contributed by atoms with Gasteiger partial charge in [-0.05, 0) is 12.0 Å². The highest BCUT2D eigenvalue weighted by atomic mass is 16.5. The lowest BCUT2D eigenvalue weighted by atomic mass is 9.89. The monoisotopic (exact) mass is 188 g/mol. The summed E-state index contributed by atoms with van der Waals surface area (Å²) in [4.78, 5) is 11.3. The molecule has 0 rings (SSSR count). The number of rotatable bonds is 6. The lowest BCUT2D eigenvalue weighted by Gasteiger charge is -2.21. The first-order chi connectivity index (χ1) is 6.02. The maximum atomic E-state index is 11.3. The second-order valence-electron chi connectivity index (χ2n) is 3.89. The Kier molecular flexibility index (Phi) is 5.66. The molecule has 1 amide bonds. The van der Waals surface area contributed by atoms with Crippen LogP contribution in [0.3, 0.4) is 0 Å². The van der Waals surface area contributed by atoms with E-state index in [-0.39, 0.29) is 11.3 Å². The van der Waals surface area contributed by atoms with Crippen LogP contribution in [-0.2, 0) is 9.53 Å². The van der Waals surface area contributed by atoms with E-state index in [1.165, 1.54) is 0 Å². The van der Waals surface area contributed by atoms with E-state index in [0.29, 0.717) is 26.1 Å². The molecule has 0 heterocycles. The first-order valence-corrected chi connectivity index (χ1v) is 4.47. The van der Waals surface area contributed by atoms with Crippen molar-refractivity contribution in [2.45, 2.75) is 20.3 Å². The number of carbonyl (C=O) groups is 1. The Morgan fingerprint density at radius 1 is 1.54 bits per heavy atom. The Morgan fingerprint density at radius 2 is 2.15 bits per heavy atom. The lowest BCUT2D eigenvalue weighted by Crippen LogP contribution is -2.34. The molecule has 0 saturated carbocycles. The molecule has 0 atom stereocenters. The number of ether oxygens (including phenoxy) is 1. The van der Waals surface area contributed by atoms with Crippen LogP contribution in [0.4, 0.5) is 0 Å². The first kappa shape index (κ1) is 12.4. The van der Waals surface area contributed by atoms with Crippen LogP contribution in [0.25, 0.3) is 0 Å². The van der Waals surface area contributed by atoms with Crippen LogP contribution in [0.15, 0.2) is 0 Å². The zero-order valence-corrected chi connectivity index (χ0v) is 8.72. The summed E-state index contributed by atoms with van der Waals surface area (Å²) >= 11 is 0. The molecular weight excluding hydrogens is 168 g/mol. The Balaban J connectivity index is 3.62. The Hall–Kier alpha value is -0.610. The summed E-state index contributed by atoms with van der Waals surface area (Å²) < 4.78 is 4.81. The van der Waals surface area contributed by atoms with Gasteiger partial charge in [0.15, 0.2) is 0 Å². The van der Waals surface area contributed by atoms with Crippen molar-refractivity contribution >= 4 is 5.91 Å². The van der Waals surface area contributed by atoms with Crippen molar-refractivity contribution in [2.24, 2.45) is 11.1 Å². The highest BCUT2D eigenvalue weighted by Gasteiger charge is 2.19. The van der Waals surface area contributed by atoms with E-state index >= 15 is 0 Å². The van der Waals surface area contributed by atoms with Crippen LogP contribution >= 0.6 is 0 Å². The molecule has 0 fully saturated rings. The Labute approximate surface area is 79.8 Å². The summed E-state index contributed by atoms with van der Waals surface area (Å²) in [6.45, 7) is 5.58.